The van der Waals surface area contributed by atoms with Crippen molar-refractivity contribution in [2.24, 2.45) is 45.1 Å². The van der Waals surface area contributed by atoms with Crippen LogP contribution in [0.1, 0.15) is 85.5 Å². The number of hydrogen-bond acceptors (Lipinski definition) is 5. The molecule has 5 heteroatoms. The fourth-order valence-corrected chi connectivity index (χ4v) is 8.73. The summed E-state index contributed by atoms with van der Waals surface area (Å²) < 4.78 is 0. The van der Waals surface area contributed by atoms with Crippen LogP contribution in [0, 0.1) is 39.9 Å². The van der Waals surface area contributed by atoms with Crippen LogP contribution in [0.15, 0.2) is 5.16 Å². The summed E-state index contributed by atoms with van der Waals surface area (Å²) in [6, 6.07) is 0. The average Bonchev–Trinajstić information content (AvgIpc) is 3.02. The minimum atomic E-state index is -0.270. The second-order valence-electron chi connectivity index (χ2n) is 12.2. The molecule has 4 aliphatic carbocycles. The van der Waals surface area contributed by atoms with Gasteiger partial charge in [0.05, 0.1) is 5.71 Å². The molecule has 6 atom stereocenters. The highest BCUT2D eigenvalue weighted by molar-refractivity contribution is 5.97. The Kier molecular flexibility index (Phi) is 5.16. The summed E-state index contributed by atoms with van der Waals surface area (Å²) in [6.45, 7) is 11.0. The van der Waals surface area contributed by atoms with Gasteiger partial charge in [0.15, 0.2) is 0 Å². The Hall–Kier alpha value is -1.23. The normalized spacial score (nSPS) is 46.4. The molecule has 5 fully saturated rings. The van der Waals surface area contributed by atoms with Gasteiger partial charge in [0, 0.05) is 29.6 Å². The molecule has 0 aromatic carbocycles. The third kappa shape index (κ3) is 3.16. The van der Waals surface area contributed by atoms with Gasteiger partial charge in [-0.2, -0.15) is 0 Å². The van der Waals surface area contributed by atoms with Crippen LogP contribution in [-0.4, -0.2) is 36.5 Å². The largest absolute Gasteiger partial charge is 0.392 e. The number of ketones is 2. The van der Waals surface area contributed by atoms with E-state index in [9.17, 15) is 9.59 Å². The zero-order chi connectivity index (χ0) is 22.0. The van der Waals surface area contributed by atoms with E-state index in [-0.39, 0.29) is 28.3 Å². The maximum Gasteiger partial charge on any atom is 0.139 e. The number of carbonyl (C=O) groups is 2. The number of hydrogen-bond donors (Lipinski definition) is 1. The third-order valence-electron chi connectivity index (χ3n) is 10.4. The maximum atomic E-state index is 13.7. The summed E-state index contributed by atoms with van der Waals surface area (Å²) >= 11 is 0. The molecule has 5 nitrogen and oxygen atoms in total. The molecule has 4 saturated carbocycles. The van der Waals surface area contributed by atoms with Crippen LogP contribution in [0.25, 0.3) is 0 Å². The Balaban J connectivity index is 1.41. The van der Waals surface area contributed by atoms with Crippen LogP contribution in [0.2, 0.25) is 0 Å². The lowest BCUT2D eigenvalue weighted by molar-refractivity contribution is -0.160. The Morgan fingerprint density at radius 1 is 0.935 bits per heavy atom. The topological polar surface area (TPSA) is 67.8 Å². The molecule has 1 N–H and O–H groups in total. The van der Waals surface area contributed by atoms with Crippen molar-refractivity contribution < 1.29 is 14.4 Å². The van der Waals surface area contributed by atoms with Gasteiger partial charge in [-0.3, -0.25) is 9.59 Å². The van der Waals surface area contributed by atoms with Crippen molar-refractivity contribution in [3.05, 3.63) is 0 Å². The molecule has 1 unspecified atom stereocenters. The van der Waals surface area contributed by atoms with Crippen molar-refractivity contribution in [1.29, 1.82) is 0 Å². The molecule has 0 spiro atoms. The Morgan fingerprint density at radius 2 is 1.68 bits per heavy atom. The van der Waals surface area contributed by atoms with Gasteiger partial charge in [0.2, 0.25) is 0 Å². The van der Waals surface area contributed by atoms with Gasteiger partial charge >= 0.3 is 0 Å². The van der Waals surface area contributed by atoms with Crippen LogP contribution in [-0.2, 0) is 14.4 Å². The van der Waals surface area contributed by atoms with Gasteiger partial charge in [-0.25, -0.2) is 0 Å². The zero-order valence-electron chi connectivity index (χ0n) is 19.8. The molecule has 31 heavy (non-hydrogen) atoms. The lowest BCUT2D eigenvalue weighted by Crippen LogP contribution is -2.61. The number of carbonyl (C=O) groups excluding carboxylic acids is 2. The van der Waals surface area contributed by atoms with Gasteiger partial charge in [0.25, 0.3) is 0 Å². The van der Waals surface area contributed by atoms with E-state index in [1.54, 1.807) is 0 Å². The fraction of sp³-hybridized carbons (Fsp3) is 0.885. The van der Waals surface area contributed by atoms with Gasteiger partial charge in [-0.05, 0) is 81.2 Å². The van der Waals surface area contributed by atoms with E-state index in [0.29, 0.717) is 35.7 Å². The highest BCUT2D eigenvalue weighted by atomic mass is 16.6. The predicted octanol–water partition coefficient (Wildman–Crippen LogP) is 4.54. The summed E-state index contributed by atoms with van der Waals surface area (Å²) in [4.78, 5) is 32.4. The molecule has 1 heterocycles. The maximum absolute atomic E-state index is 13.7. The van der Waals surface area contributed by atoms with Gasteiger partial charge < -0.3 is 10.2 Å². The van der Waals surface area contributed by atoms with E-state index in [2.05, 4.69) is 38.2 Å². The fourth-order valence-electron chi connectivity index (χ4n) is 8.73. The highest BCUT2D eigenvalue weighted by Gasteiger charge is 2.65. The summed E-state index contributed by atoms with van der Waals surface area (Å²) in [5, 5.41) is 8.06. The van der Waals surface area contributed by atoms with Crippen molar-refractivity contribution in [3.8, 4) is 0 Å². The number of piperidine rings is 1. The Morgan fingerprint density at radius 3 is 2.42 bits per heavy atom. The molecule has 5 aliphatic rings. The van der Waals surface area contributed by atoms with Gasteiger partial charge in [-0.1, -0.05) is 32.9 Å². The summed E-state index contributed by atoms with van der Waals surface area (Å²) in [7, 11) is 0. The van der Waals surface area contributed by atoms with E-state index in [0.717, 1.165) is 70.2 Å². The first-order chi connectivity index (χ1) is 14.7. The minimum Gasteiger partial charge on any atom is -0.392 e. The standard InChI is InChI=1S/C26H40N2O3/c1-24(2)21(28-31-16-9-13-27-14-10-16)8-12-26(4)19-7-11-25(3)18(5-6-22(25)30)17(19)15-20(29)23(24)26/h16-19,23,27H,5-15H2,1-4H3/b28-21+/t17-,18-,19-,23?,25-,26+/m0/s1. The summed E-state index contributed by atoms with van der Waals surface area (Å²) in [5.41, 5.74) is 0.639. The van der Waals surface area contributed by atoms with Crippen LogP contribution in [0.5, 0.6) is 0 Å². The first-order valence-electron chi connectivity index (χ1n) is 12.7. The van der Waals surface area contributed by atoms with Gasteiger partial charge in [-0.15, -0.1) is 0 Å². The van der Waals surface area contributed by atoms with Crippen molar-refractivity contribution in [2.75, 3.05) is 13.1 Å². The van der Waals surface area contributed by atoms with Crippen molar-refractivity contribution >= 4 is 17.3 Å². The molecule has 5 rings (SSSR count). The number of nitrogens with zero attached hydrogens (tertiary/aromatic N) is 1. The average molecular weight is 429 g/mol. The SMILES string of the molecule is CC1(C)/C(=N/OC2CCNCC2)CC[C@@]2(C)C1C(=O)C[C@@H]1[C@@H]2CC[C@]2(C)C(=O)CC[C@@H]12. The van der Waals surface area contributed by atoms with E-state index in [4.69, 9.17) is 4.84 Å². The van der Waals surface area contributed by atoms with E-state index >= 15 is 0 Å². The molecular weight excluding hydrogens is 388 g/mol. The molecule has 172 valence electrons. The molecule has 0 radical (unpaired) electrons. The second-order valence-corrected chi connectivity index (χ2v) is 12.2. The van der Waals surface area contributed by atoms with Crippen LogP contribution in [0.4, 0.5) is 0 Å². The monoisotopic (exact) mass is 428 g/mol. The molecule has 0 bridgehead atoms. The van der Waals surface area contributed by atoms with Crippen molar-refractivity contribution in [1.82, 2.24) is 5.32 Å². The first kappa shape index (κ1) is 21.6. The van der Waals surface area contributed by atoms with E-state index in [1.165, 1.54) is 0 Å². The number of oxime groups is 1. The zero-order valence-corrected chi connectivity index (χ0v) is 19.8. The molecular formula is C26H40N2O3. The molecule has 1 aliphatic heterocycles. The second kappa shape index (κ2) is 7.40. The number of fused-ring (bicyclic) bond motifs is 5. The minimum absolute atomic E-state index is 0.00421. The Labute approximate surface area is 187 Å². The number of nitrogens with one attached hydrogen (secondary N) is 1. The Bertz CT molecular complexity index is 798. The van der Waals surface area contributed by atoms with Gasteiger partial charge in [0.1, 0.15) is 17.7 Å². The molecule has 0 aromatic heterocycles. The van der Waals surface area contributed by atoms with Crippen LogP contribution < -0.4 is 5.32 Å². The highest BCUT2D eigenvalue weighted by Crippen LogP contribution is 2.66. The number of rotatable bonds is 2. The summed E-state index contributed by atoms with van der Waals surface area (Å²) in [6.07, 6.45) is 8.60. The third-order valence-corrected chi connectivity index (χ3v) is 10.4. The van der Waals surface area contributed by atoms with Crippen molar-refractivity contribution in [3.63, 3.8) is 0 Å². The van der Waals surface area contributed by atoms with E-state index in [1.807, 2.05) is 0 Å². The lowest BCUT2D eigenvalue weighted by Gasteiger charge is -2.62. The predicted molar refractivity (Wildman–Crippen MR) is 121 cm³/mol. The van der Waals surface area contributed by atoms with E-state index < -0.39 is 0 Å². The van der Waals surface area contributed by atoms with Crippen LogP contribution >= 0.6 is 0 Å². The molecule has 0 aromatic rings. The summed E-state index contributed by atoms with van der Waals surface area (Å²) in [5.74, 6) is 2.20. The van der Waals surface area contributed by atoms with Crippen molar-refractivity contribution in [2.45, 2.75) is 91.6 Å². The quantitative estimate of drug-likeness (QED) is 0.656. The van der Waals surface area contributed by atoms with Crippen LogP contribution in [0.3, 0.4) is 0 Å². The first-order valence-corrected chi connectivity index (χ1v) is 12.7. The molecule has 0 amide bonds. The molecule has 1 saturated heterocycles. The number of Topliss-reactive ketones (excluding diaryl/α,β-unsaturated/α-hetero) is 2. The lowest BCUT2D eigenvalue weighted by atomic mass is 9.41. The smallest absolute Gasteiger partial charge is 0.139 e.